The van der Waals surface area contributed by atoms with Gasteiger partial charge < -0.3 is 19.5 Å². The Morgan fingerprint density at radius 2 is 1.92 bits per heavy atom. The Morgan fingerprint density at radius 1 is 1.11 bits per heavy atom. The number of carbonyl (C=O) groups is 1. The summed E-state index contributed by atoms with van der Waals surface area (Å²) in [6.07, 6.45) is 2.98. The minimum atomic E-state index is -0.301. The SMILES string of the molecule is COc1cccc(C2c3cccn3-c3c(c(C)nn3-c3ccccc3)CN2C(=O)NCCC(C)C)c1. The minimum absolute atomic E-state index is 0.0871. The van der Waals surface area contributed by atoms with Crippen molar-refractivity contribution in [2.24, 2.45) is 5.92 Å². The lowest BCUT2D eigenvalue weighted by atomic mass is 10.0. The molecule has 2 amide bonds. The maximum Gasteiger partial charge on any atom is 0.318 e. The first-order valence-corrected chi connectivity index (χ1v) is 12.5. The van der Waals surface area contributed by atoms with Gasteiger partial charge >= 0.3 is 6.03 Å². The van der Waals surface area contributed by atoms with Crippen LogP contribution in [0.15, 0.2) is 72.9 Å². The summed E-state index contributed by atoms with van der Waals surface area (Å²) in [6, 6.07) is 21.8. The highest BCUT2D eigenvalue weighted by Gasteiger charge is 2.36. The van der Waals surface area contributed by atoms with Crippen molar-refractivity contribution >= 4 is 6.03 Å². The highest BCUT2D eigenvalue weighted by Crippen LogP contribution is 2.39. The summed E-state index contributed by atoms with van der Waals surface area (Å²) in [7, 11) is 1.67. The van der Waals surface area contributed by atoms with E-state index in [2.05, 4.69) is 54.2 Å². The molecule has 0 saturated carbocycles. The molecular formula is C29H33N5O2. The average Bonchev–Trinajstić information content (AvgIpc) is 3.44. The third kappa shape index (κ3) is 4.37. The van der Waals surface area contributed by atoms with E-state index < -0.39 is 0 Å². The van der Waals surface area contributed by atoms with Crippen LogP contribution in [0.1, 0.15) is 48.8 Å². The van der Waals surface area contributed by atoms with E-state index >= 15 is 0 Å². The number of amides is 2. The van der Waals surface area contributed by atoms with Crippen LogP contribution < -0.4 is 10.1 Å². The highest BCUT2D eigenvalue weighted by molar-refractivity contribution is 5.76. The second-order valence-corrected chi connectivity index (χ2v) is 9.66. The second-order valence-electron chi connectivity index (χ2n) is 9.66. The Hall–Kier alpha value is -4.00. The van der Waals surface area contributed by atoms with Crippen molar-refractivity contribution < 1.29 is 9.53 Å². The van der Waals surface area contributed by atoms with Crippen LogP contribution in [0, 0.1) is 12.8 Å². The maximum absolute atomic E-state index is 13.7. The zero-order valence-corrected chi connectivity index (χ0v) is 21.3. The first kappa shape index (κ1) is 23.7. The number of methoxy groups -OCH3 is 1. The Morgan fingerprint density at radius 3 is 2.67 bits per heavy atom. The molecule has 5 rings (SSSR count). The first-order valence-electron chi connectivity index (χ1n) is 12.5. The molecule has 1 aliphatic heterocycles. The summed E-state index contributed by atoms with van der Waals surface area (Å²) in [5, 5.41) is 8.08. The molecule has 1 N–H and O–H groups in total. The van der Waals surface area contributed by atoms with Gasteiger partial charge in [0.2, 0.25) is 0 Å². The number of nitrogens with one attached hydrogen (secondary N) is 1. The lowest BCUT2D eigenvalue weighted by molar-refractivity contribution is 0.180. The topological polar surface area (TPSA) is 64.3 Å². The number of carbonyl (C=O) groups excluding carboxylic acids is 1. The van der Waals surface area contributed by atoms with Gasteiger partial charge in [-0.15, -0.1) is 0 Å². The van der Waals surface area contributed by atoms with Gasteiger partial charge in [-0.3, -0.25) is 0 Å². The molecule has 0 aliphatic carbocycles. The van der Waals surface area contributed by atoms with Crippen molar-refractivity contribution in [3.63, 3.8) is 0 Å². The number of nitrogens with zero attached hydrogens (tertiary/aromatic N) is 4. The third-order valence-corrected chi connectivity index (χ3v) is 6.76. The number of benzene rings is 2. The molecule has 186 valence electrons. The Bertz CT molecular complexity index is 1360. The van der Waals surface area contributed by atoms with E-state index in [-0.39, 0.29) is 12.1 Å². The van der Waals surface area contributed by atoms with Crippen molar-refractivity contribution in [2.75, 3.05) is 13.7 Å². The van der Waals surface area contributed by atoms with E-state index in [0.29, 0.717) is 19.0 Å². The number of urea groups is 1. The fourth-order valence-corrected chi connectivity index (χ4v) is 4.88. The molecule has 3 heterocycles. The number of para-hydroxylation sites is 1. The van der Waals surface area contributed by atoms with Gasteiger partial charge in [-0.25, -0.2) is 9.48 Å². The Kier molecular flexibility index (Phi) is 6.55. The van der Waals surface area contributed by atoms with Crippen LogP contribution >= 0.6 is 0 Å². The maximum atomic E-state index is 13.7. The Labute approximate surface area is 212 Å². The van der Waals surface area contributed by atoms with Crippen molar-refractivity contribution in [2.45, 2.75) is 39.8 Å². The number of aromatic nitrogens is 3. The number of hydrogen-bond donors (Lipinski definition) is 1. The summed E-state index contributed by atoms with van der Waals surface area (Å²) in [4.78, 5) is 15.7. The molecule has 0 bridgehead atoms. The molecule has 1 atom stereocenters. The zero-order valence-electron chi connectivity index (χ0n) is 21.3. The quantitative estimate of drug-likeness (QED) is 0.386. The van der Waals surface area contributed by atoms with Gasteiger partial charge in [0, 0.05) is 18.3 Å². The van der Waals surface area contributed by atoms with Crippen molar-refractivity contribution in [1.82, 2.24) is 24.6 Å². The van der Waals surface area contributed by atoms with E-state index in [1.807, 2.05) is 59.0 Å². The second kappa shape index (κ2) is 9.93. The number of ether oxygens (including phenoxy) is 1. The summed E-state index contributed by atoms with van der Waals surface area (Å²) < 4.78 is 9.69. The molecule has 0 spiro atoms. The molecule has 0 radical (unpaired) electrons. The van der Waals surface area contributed by atoms with E-state index in [9.17, 15) is 4.79 Å². The average molecular weight is 484 g/mol. The Balaban J connectivity index is 1.67. The van der Waals surface area contributed by atoms with Crippen LogP contribution in [0.2, 0.25) is 0 Å². The van der Waals surface area contributed by atoms with Gasteiger partial charge in [-0.1, -0.05) is 44.2 Å². The minimum Gasteiger partial charge on any atom is -0.497 e. The summed E-state index contributed by atoms with van der Waals surface area (Å²) >= 11 is 0. The van der Waals surface area contributed by atoms with Crippen molar-refractivity contribution in [3.8, 4) is 17.3 Å². The van der Waals surface area contributed by atoms with Gasteiger partial charge in [0.25, 0.3) is 0 Å². The first-order chi connectivity index (χ1) is 17.5. The summed E-state index contributed by atoms with van der Waals surface area (Å²) in [5.74, 6) is 2.24. The van der Waals surface area contributed by atoms with E-state index in [4.69, 9.17) is 9.84 Å². The predicted molar refractivity (Wildman–Crippen MR) is 141 cm³/mol. The number of aryl methyl sites for hydroxylation is 1. The van der Waals surface area contributed by atoms with Crippen LogP contribution in [0.4, 0.5) is 4.79 Å². The standard InChI is InChI=1S/C29H33N5O2/c1-20(2)15-16-30-29(35)33-19-25-21(3)31-34(23-11-6-5-7-12-23)28(25)32-17-9-14-26(32)27(33)22-10-8-13-24(18-22)36-4/h5-14,17-18,20,27H,15-16,19H2,1-4H3,(H,30,35). The fourth-order valence-electron chi connectivity index (χ4n) is 4.88. The lowest BCUT2D eigenvalue weighted by Crippen LogP contribution is -2.42. The third-order valence-electron chi connectivity index (χ3n) is 6.76. The number of rotatable bonds is 6. The van der Waals surface area contributed by atoms with Crippen LogP contribution in [-0.4, -0.2) is 38.9 Å². The molecule has 0 fully saturated rings. The molecule has 1 aliphatic rings. The fraction of sp³-hybridized carbons (Fsp3) is 0.310. The van der Waals surface area contributed by atoms with Crippen molar-refractivity contribution in [3.05, 3.63) is 95.4 Å². The molecule has 36 heavy (non-hydrogen) atoms. The number of hydrogen-bond acceptors (Lipinski definition) is 3. The van der Waals surface area contributed by atoms with Crippen LogP contribution in [0.25, 0.3) is 11.5 Å². The van der Waals surface area contributed by atoms with E-state index in [1.54, 1.807) is 7.11 Å². The molecule has 7 nitrogen and oxygen atoms in total. The summed E-state index contributed by atoms with van der Waals surface area (Å²) in [6.45, 7) is 7.41. The van der Waals surface area contributed by atoms with Crippen LogP contribution in [0.5, 0.6) is 5.75 Å². The lowest BCUT2D eigenvalue weighted by Gasteiger charge is -2.31. The molecule has 7 heteroatoms. The highest BCUT2D eigenvalue weighted by atomic mass is 16.5. The molecule has 4 aromatic rings. The molecule has 2 aromatic carbocycles. The van der Waals surface area contributed by atoms with Crippen LogP contribution in [-0.2, 0) is 6.54 Å². The largest absolute Gasteiger partial charge is 0.497 e. The monoisotopic (exact) mass is 483 g/mol. The normalized spacial score (nSPS) is 14.8. The molecule has 1 unspecified atom stereocenters. The van der Waals surface area contributed by atoms with Gasteiger partial charge in [-0.05, 0) is 61.2 Å². The van der Waals surface area contributed by atoms with Crippen molar-refractivity contribution in [1.29, 1.82) is 0 Å². The van der Waals surface area contributed by atoms with Crippen LogP contribution in [0.3, 0.4) is 0 Å². The number of fused-ring (bicyclic) bond motifs is 3. The summed E-state index contributed by atoms with van der Waals surface area (Å²) in [5.41, 5.74) is 4.91. The van der Waals surface area contributed by atoms with Gasteiger partial charge in [0.1, 0.15) is 11.6 Å². The van der Waals surface area contributed by atoms with Gasteiger partial charge in [0.15, 0.2) is 0 Å². The zero-order chi connectivity index (χ0) is 25.2. The smallest absolute Gasteiger partial charge is 0.318 e. The van der Waals surface area contributed by atoms with Gasteiger partial charge in [0.05, 0.1) is 36.8 Å². The van der Waals surface area contributed by atoms with E-state index in [0.717, 1.165) is 46.2 Å². The molecular weight excluding hydrogens is 450 g/mol. The van der Waals surface area contributed by atoms with Gasteiger partial charge in [-0.2, -0.15) is 5.10 Å². The molecule has 2 aromatic heterocycles. The predicted octanol–water partition coefficient (Wildman–Crippen LogP) is 5.64. The molecule has 0 saturated heterocycles. The van der Waals surface area contributed by atoms with E-state index in [1.165, 1.54) is 0 Å².